The summed E-state index contributed by atoms with van der Waals surface area (Å²) in [5, 5.41) is 0.371. The Labute approximate surface area is 165 Å². The van der Waals surface area contributed by atoms with Gasteiger partial charge in [0.25, 0.3) is 0 Å². The third-order valence-electron chi connectivity index (χ3n) is 4.61. The van der Waals surface area contributed by atoms with E-state index in [4.69, 9.17) is 16.3 Å². The predicted molar refractivity (Wildman–Crippen MR) is 108 cm³/mol. The number of rotatable bonds is 3. The number of piperidine rings is 1. The molecular weight excluding hydrogens is 364 g/mol. The van der Waals surface area contributed by atoms with Crippen LogP contribution in [0.25, 0.3) is 11.0 Å². The molecule has 1 atom stereocenters. The minimum atomic E-state index is -0.502. The molecule has 0 saturated carbocycles. The van der Waals surface area contributed by atoms with E-state index in [2.05, 4.69) is 9.97 Å². The van der Waals surface area contributed by atoms with Gasteiger partial charge in [-0.25, -0.2) is 14.8 Å². The molecule has 7 heteroatoms. The Morgan fingerprint density at radius 1 is 1.26 bits per heavy atom. The van der Waals surface area contributed by atoms with E-state index in [-0.39, 0.29) is 12.1 Å². The normalized spacial score (nSPS) is 17.8. The molecule has 6 nitrogen and oxygen atoms in total. The number of carbonyl (C=O) groups excluding carboxylic acids is 1. The number of carbonyl (C=O) groups is 1. The molecule has 0 N–H and O–H groups in total. The van der Waals surface area contributed by atoms with Crippen molar-refractivity contribution in [2.75, 3.05) is 25.0 Å². The van der Waals surface area contributed by atoms with Gasteiger partial charge in [-0.3, -0.25) is 0 Å². The number of hydrogen-bond donors (Lipinski definition) is 0. The summed E-state index contributed by atoms with van der Waals surface area (Å²) in [7, 11) is 1.94. The summed E-state index contributed by atoms with van der Waals surface area (Å²) < 4.78 is 5.59. The van der Waals surface area contributed by atoms with Crippen LogP contribution in [-0.2, 0) is 4.74 Å². The van der Waals surface area contributed by atoms with Crippen LogP contribution in [0.1, 0.15) is 40.0 Å². The fraction of sp³-hybridized carbons (Fsp3) is 0.550. The third-order valence-corrected chi connectivity index (χ3v) is 4.87. The molecule has 0 bridgehead atoms. The molecule has 1 aliphatic heterocycles. The highest BCUT2D eigenvalue weighted by Gasteiger charge is 2.31. The average Bonchev–Trinajstić information content (AvgIpc) is 2.60. The highest BCUT2D eigenvalue weighted by Crippen LogP contribution is 2.26. The first-order valence-corrected chi connectivity index (χ1v) is 9.75. The van der Waals surface area contributed by atoms with Crippen LogP contribution in [0.15, 0.2) is 24.3 Å². The molecule has 2 heterocycles. The van der Waals surface area contributed by atoms with Crippen LogP contribution in [-0.4, -0.2) is 52.7 Å². The monoisotopic (exact) mass is 390 g/mol. The van der Waals surface area contributed by atoms with Gasteiger partial charge in [-0.1, -0.05) is 23.7 Å². The van der Waals surface area contributed by atoms with Crippen molar-refractivity contribution >= 4 is 34.5 Å². The van der Waals surface area contributed by atoms with Crippen molar-refractivity contribution in [1.29, 1.82) is 0 Å². The summed E-state index contributed by atoms with van der Waals surface area (Å²) >= 11 is 6.38. The Hall–Kier alpha value is -2.08. The first-order valence-electron chi connectivity index (χ1n) is 9.37. The van der Waals surface area contributed by atoms with Gasteiger partial charge in [0.15, 0.2) is 11.0 Å². The van der Waals surface area contributed by atoms with Gasteiger partial charge in [0.2, 0.25) is 0 Å². The van der Waals surface area contributed by atoms with E-state index in [0.29, 0.717) is 24.1 Å². The van der Waals surface area contributed by atoms with Crippen molar-refractivity contribution in [1.82, 2.24) is 14.9 Å². The van der Waals surface area contributed by atoms with Gasteiger partial charge in [0.05, 0.1) is 17.1 Å². The summed E-state index contributed by atoms with van der Waals surface area (Å²) in [6, 6.07) is 7.72. The van der Waals surface area contributed by atoms with Crippen LogP contribution in [0, 0.1) is 0 Å². The average molecular weight is 391 g/mol. The summed E-state index contributed by atoms with van der Waals surface area (Å²) in [6.07, 6.45) is 2.77. The maximum Gasteiger partial charge on any atom is 0.410 e. The molecule has 1 aromatic heterocycles. The van der Waals surface area contributed by atoms with Crippen molar-refractivity contribution in [3.8, 4) is 0 Å². The Balaban J connectivity index is 1.78. The Bertz CT molecular complexity index is 821. The van der Waals surface area contributed by atoms with Gasteiger partial charge in [0.1, 0.15) is 5.60 Å². The quantitative estimate of drug-likeness (QED) is 0.771. The van der Waals surface area contributed by atoms with E-state index in [1.807, 2.05) is 61.9 Å². The number of aromatic nitrogens is 2. The molecule has 27 heavy (non-hydrogen) atoms. The molecule has 146 valence electrons. The lowest BCUT2D eigenvalue weighted by atomic mass is 10.0. The second-order valence-corrected chi connectivity index (χ2v) is 8.39. The number of fused-ring (bicyclic) bond motifs is 1. The van der Waals surface area contributed by atoms with E-state index < -0.39 is 5.60 Å². The van der Waals surface area contributed by atoms with Gasteiger partial charge in [-0.15, -0.1) is 0 Å². The van der Waals surface area contributed by atoms with E-state index in [1.165, 1.54) is 0 Å². The molecule has 0 aliphatic carbocycles. The van der Waals surface area contributed by atoms with Gasteiger partial charge in [-0.2, -0.15) is 0 Å². The highest BCUT2D eigenvalue weighted by molar-refractivity contribution is 6.32. The number of nitrogens with zero attached hydrogens (tertiary/aromatic N) is 4. The lowest BCUT2D eigenvalue weighted by Gasteiger charge is -2.38. The minimum Gasteiger partial charge on any atom is -0.444 e. The number of likely N-dealkylation sites (N-methyl/N-ethyl adjacent to an activating group) is 1. The zero-order valence-corrected chi connectivity index (χ0v) is 17.2. The Kier molecular flexibility index (Phi) is 5.75. The highest BCUT2D eigenvalue weighted by atomic mass is 35.5. The smallest absolute Gasteiger partial charge is 0.410 e. The molecular formula is C20H27ClN4O2. The number of para-hydroxylation sites is 2. The summed E-state index contributed by atoms with van der Waals surface area (Å²) in [6.45, 7) is 7.01. The fourth-order valence-corrected chi connectivity index (χ4v) is 3.64. The van der Waals surface area contributed by atoms with E-state index in [0.717, 1.165) is 30.3 Å². The largest absolute Gasteiger partial charge is 0.444 e. The number of anilines is 1. The number of likely N-dealkylation sites (tertiary alicyclic amines) is 1. The van der Waals surface area contributed by atoms with E-state index >= 15 is 0 Å². The van der Waals surface area contributed by atoms with Crippen LogP contribution in [0.5, 0.6) is 0 Å². The van der Waals surface area contributed by atoms with Gasteiger partial charge in [0, 0.05) is 20.1 Å². The van der Waals surface area contributed by atoms with Crippen LogP contribution < -0.4 is 4.90 Å². The van der Waals surface area contributed by atoms with Crippen LogP contribution >= 0.6 is 11.6 Å². The standard InChI is InChI=1S/C20H27ClN4O2/c1-20(2,3)27-19(26)25-12-8-7-9-14(25)13-24(4)18-17(21)22-15-10-5-6-11-16(15)23-18/h5-6,10-11,14H,7-9,12-13H2,1-4H3/t14-/m1/s1. The van der Waals surface area contributed by atoms with Crippen LogP contribution in [0.3, 0.4) is 0 Å². The zero-order chi connectivity index (χ0) is 19.6. The summed E-state index contributed by atoms with van der Waals surface area (Å²) in [5.74, 6) is 0.630. The molecule has 0 unspecified atom stereocenters. The number of ether oxygens (including phenoxy) is 1. The number of hydrogen-bond acceptors (Lipinski definition) is 5. The molecule has 1 saturated heterocycles. The van der Waals surface area contributed by atoms with Gasteiger partial charge < -0.3 is 14.5 Å². The number of benzene rings is 1. The fourth-order valence-electron chi connectivity index (χ4n) is 3.37. The topological polar surface area (TPSA) is 58.6 Å². The minimum absolute atomic E-state index is 0.0583. The number of halogens is 1. The first kappa shape index (κ1) is 19.7. The maximum atomic E-state index is 12.6. The molecule has 1 aliphatic rings. The molecule has 1 aromatic carbocycles. The Morgan fingerprint density at radius 3 is 2.59 bits per heavy atom. The second-order valence-electron chi connectivity index (χ2n) is 8.03. The van der Waals surface area contributed by atoms with Gasteiger partial charge >= 0.3 is 6.09 Å². The van der Waals surface area contributed by atoms with Crippen molar-refractivity contribution < 1.29 is 9.53 Å². The van der Waals surface area contributed by atoms with Crippen molar-refractivity contribution in [3.63, 3.8) is 0 Å². The maximum absolute atomic E-state index is 12.6. The molecule has 2 aromatic rings. The molecule has 0 radical (unpaired) electrons. The van der Waals surface area contributed by atoms with Crippen LogP contribution in [0.4, 0.5) is 10.6 Å². The zero-order valence-electron chi connectivity index (χ0n) is 16.4. The SMILES string of the molecule is CN(C[C@H]1CCCCN1C(=O)OC(C)(C)C)c1nc2ccccc2nc1Cl. The van der Waals surface area contributed by atoms with Crippen molar-refractivity contribution in [2.24, 2.45) is 0 Å². The summed E-state index contributed by atoms with van der Waals surface area (Å²) in [5.41, 5.74) is 1.07. The van der Waals surface area contributed by atoms with Crippen LogP contribution in [0.2, 0.25) is 5.15 Å². The van der Waals surface area contributed by atoms with E-state index in [9.17, 15) is 4.79 Å². The lowest BCUT2D eigenvalue weighted by molar-refractivity contribution is 0.0108. The molecule has 0 spiro atoms. The van der Waals surface area contributed by atoms with Crippen molar-refractivity contribution in [2.45, 2.75) is 51.7 Å². The third kappa shape index (κ3) is 4.80. The first-order chi connectivity index (χ1) is 12.7. The lowest BCUT2D eigenvalue weighted by Crippen LogP contribution is -2.50. The Morgan fingerprint density at radius 2 is 1.93 bits per heavy atom. The van der Waals surface area contributed by atoms with Gasteiger partial charge in [-0.05, 0) is 52.2 Å². The molecule has 3 rings (SSSR count). The molecule has 1 fully saturated rings. The summed E-state index contributed by atoms with van der Waals surface area (Å²) in [4.78, 5) is 25.6. The van der Waals surface area contributed by atoms with Crippen molar-refractivity contribution in [3.05, 3.63) is 29.4 Å². The second kappa shape index (κ2) is 7.89. The molecule has 1 amide bonds. The number of amides is 1. The van der Waals surface area contributed by atoms with E-state index in [1.54, 1.807) is 0 Å². The predicted octanol–water partition coefficient (Wildman–Crippen LogP) is 4.51.